The molecule has 1 saturated carbocycles. The van der Waals surface area contributed by atoms with Crippen LogP contribution >= 0.6 is 11.6 Å². The van der Waals surface area contributed by atoms with Gasteiger partial charge in [-0.15, -0.1) is 0 Å². The number of carboxylic acids is 1. The first kappa shape index (κ1) is 21.1. The van der Waals surface area contributed by atoms with Gasteiger partial charge >= 0.3 is 5.97 Å². The molecule has 6 nitrogen and oxygen atoms in total. The van der Waals surface area contributed by atoms with Gasteiger partial charge < -0.3 is 14.8 Å². The maximum absolute atomic E-state index is 14.8. The van der Waals surface area contributed by atoms with Crippen LogP contribution < -0.4 is 0 Å². The molecule has 0 bridgehead atoms. The molecule has 3 aromatic rings. The van der Waals surface area contributed by atoms with Gasteiger partial charge in [0, 0.05) is 18.1 Å². The average molecular weight is 442 g/mol. The molecule has 0 amide bonds. The van der Waals surface area contributed by atoms with Gasteiger partial charge in [-0.1, -0.05) is 17.7 Å². The zero-order valence-corrected chi connectivity index (χ0v) is 17.8. The Labute approximate surface area is 183 Å². The summed E-state index contributed by atoms with van der Waals surface area (Å²) in [6, 6.07) is 10.2. The number of hydrogen-bond donors (Lipinski definition) is 2. The fourth-order valence-corrected chi connectivity index (χ4v) is 3.63. The molecule has 1 fully saturated rings. The maximum Gasteiger partial charge on any atom is 0.306 e. The van der Waals surface area contributed by atoms with E-state index in [2.05, 4.69) is 15.0 Å². The minimum Gasteiger partial charge on any atom is -0.481 e. The molecule has 4 rings (SSSR count). The molecule has 1 heterocycles. The van der Waals surface area contributed by atoms with Gasteiger partial charge in [0.15, 0.2) is 5.90 Å². The van der Waals surface area contributed by atoms with Crippen molar-refractivity contribution in [2.24, 2.45) is 10.9 Å². The van der Waals surface area contributed by atoms with Crippen LogP contribution in [0.15, 0.2) is 47.6 Å². The van der Waals surface area contributed by atoms with E-state index in [1.165, 1.54) is 6.07 Å². The molecule has 160 valence electrons. The van der Waals surface area contributed by atoms with Crippen LogP contribution in [0.4, 0.5) is 4.39 Å². The molecule has 1 aliphatic carbocycles. The average Bonchev–Trinajstić information content (AvgIpc) is 3.10. The summed E-state index contributed by atoms with van der Waals surface area (Å²) in [5, 5.41) is 9.49. The van der Waals surface area contributed by atoms with Crippen molar-refractivity contribution < 1.29 is 19.0 Å². The molecule has 8 heteroatoms. The van der Waals surface area contributed by atoms with Crippen LogP contribution in [0.25, 0.3) is 28.0 Å². The third-order valence-corrected chi connectivity index (χ3v) is 5.58. The lowest BCUT2D eigenvalue weighted by Gasteiger charge is -2.32. The number of allylic oxidation sites excluding steroid dienone is 1. The minimum atomic E-state index is -0.790. The van der Waals surface area contributed by atoms with Crippen LogP contribution in [0.2, 0.25) is 5.02 Å². The molecule has 0 saturated heterocycles. The fraction of sp³-hybridized carbons (Fsp3) is 0.261. The third-order valence-electron chi connectivity index (χ3n) is 5.34. The van der Waals surface area contributed by atoms with E-state index in [1.54, 1.807) is 43.5 Å². The Morgan fingerprint density at radius 3 is 2.77 bits per heavy atom. The monoisotopic (exact) mass is 441 g/mol. The van der Waals surface area contributed by atoms with Gasteiger partial charge in [0.1, 0.15) is 17.7 Å². The molecule has 0 radical (unpaired) electrons. The van der Waals surface area contributed by atoms with Crippen molar-refractivity contribution in [3.8, 4) is 11.4 Å². The highest BCUT2D eigenvalue weighted by atomic mass is 35.5. The highest BCUT2D eigenvalue weighted by Gasteiger charge is 2.36. The lowest BCUT2D eigenvalue weighted by atomic mass is 9.82. The molecule has 1 aliphatic rings. The number of hydrogen-bond acceptors (Lipinski definition) is 4. The van der Waals surface area contributed by atoms with Crippen molar-refractivity contribution in [1.82, 2.24) is 9.97 Å². The number of carbonyl (C=O) groups is 1. The Bertz CT molecular complexity index is 1210. The molecule has 0 aliphatic heterocycles. The summed E-state index contributed by atoms with van der Waals surface area (Å²) >= 11 is 6.00. The largest absolute Gasteiger partial charge is 0.481 e. The summed E-state index contributed by atoms with van der Waals surface area (Å²) in [5.74, 6) is -0.638. The quantitative estimate of drug-likeness (QED) is 0.393. The summed E-state index contributed by atoms with van der Waals surface area (Å²) in [7, 11) is 0. The first-order valence-corrected chi connectivity index (χ1v) is 10.2. The van der Waals surface area contributed by atoms with Crippen molar-refractivity contribution in [1.29, 1.82) is 0 Å². The number of halogens is 2. The number of aromatic nitrogens is 2. The number of ether oxygens (including phenoxy) is 1. The van der Waals surface area contributed by atoms with Crippen LogP contribution in [0, 0.1) is 11.7 Å². The normalized spacial score (nSPS) is 19.4. The smallest absolute Gasteiger partial charge is 0.306 e. The molecule has 1 aromatic heterocycles. The summed E-state index contributed by atoms with van der Waals surface area (Å²) < 4.78 is 20.4. The van der Waals surface area contributed by atoms with E-state index in [-0.39, 0.29) is 12.0 Å². The summed E-state index contributed by atoms with van der Waals surface area (Å²) in [5.41, 5.74) is 3.27. The molecular formula is C23H21ClFN3O3. The number of aliphatic imine (C=N–C) groups is 1. The van der Waals surface area contributed by atoms with Crippen LogP contribution in [-0.4, -0.2) is 33.0 Å². The number of nitrogens with one attached hydrogen (secondary N) is 1. The Morgan fingerprint density at radius 1 is 1.29 bits per heavy atom. The van der Waals surface area contributed by atoms with E-state index in [9.17, 15) is 9.18 Å². The lowest BCUT2D eigenvalue weighted by Crippen LogP contribution is -2.37. The number of benzene rings is 2. The van der Waals surface area contributed by atoms with Gasteiger partial charge in [-0.25, -0.2) is 14.4 Å². The first-order valence-electron chi connectivity index (χ1n) is 9.86. The van der Waals surface area contributed by atoms with Crippen LogP contribution in [-0.2, 0) is 9.53 Å². The Kier molecular flexibility index (Phi) is 5.78. The van der Waals surface area contributed by atoms with Crippen LogP contribution in [0.3, 0.4) is 0 Å². The highest BCUT2D eigenvalue weighted by molar-refractivity contribution is 6.31. The van der Waals surface area contributed by atoms with Crippen molar-refractivity contribution in [3.05, 3.63) is 59.0 Å². The van der Waals surface area contributed by atoms with Crippen molar-refractivity contribution in [3.63, 3.8) is 0 Å². The van der Waals surface area contributed by atoms with Gasteiger partial charge in [0.25, 0.3) is 0 Å². The number of rotatable bonds is 5. The highest BCUT2D eigenvalue weighted by Crippen LogP contribution is 2.30. The maximum atomic E-state index is 14.8. The number of imidazole rings is 1. The van der Waals surface area contributed by atoms with E-state index < -0.39 is 11.8 Å². The topological polar surface area (TPSA) is 87.6 Å². The molecule has 2 N–H and O–H groups in total. The Balaban J connectivity index is 1.47. The second kappa shape index (κ2) is 8.51. The van der Waals surface area contributed by atoms with E-state index >= 15 is 0 Å². The van der Waals surface area contributed by atoms with Gasteiger partial charge in [0.05, 0.1) is 22.5 Å². The number of fused-ring (bicyclic) bond motifs is 1. The number of aliphatic carboxylic acids is 1. The number of nitrogens with zero attached hydrogens (tertiary/aromatic N) is 2. The number of aromatic amines is 1. The minimum absolute atomic E-state index is 0.117. The summed E-state index contributed by atoms with van der Waals surface area (Å²) in [6.45, 7) is 3.55. The van der Waals surface area contributed by atoms with Crippen molar-refractivity contribution in [2.75, 3.05) is 0 Å². The second-order valence-corrected chi connectivity index (χ2v) is 8.08. The van der Waals surface area contributed by atoms with Gasteiger partial charge in [-0.2, -0.15) is 0 Å². The van der Waals surface area contributed by atoms with Crippen LogP contribution in [0.1, 0.15) is 32.3 Å². The first-order chi connectivity index (χ1) is 14.8. The zero-order valence-electron chi connectivity index (χ0n) is 17.0. The predicted molar refractivity (Wildman–Crippen MR) is 118 cm³/mol. The van der Waals surface area contributed by atoms with Gasteiger partial charge in [-0.3, -0.25) is 4.79 Å². The van der Waals surface area contributed by atoms with Gasteiger partial charge in [0.2, 0.25) is 0 Å². The second-order valence-electron chi connectivity index (χ2n) is 7.65. The Morgan fingerprint density at radius 2 is 2.06 bits per heavy atom. The molecule has 2 aromatic carbocycles. The molecule has 0 atom stereocenters. The van der Waals surface area contributed by atoms with E-state index in [0.29, 0.717) is 46.2 Å². The number of carboxylic acid groups (broad SMARTS) is 1. The fourth-order valence-electron chi connectivity index (χ4n) is 3.46. The van der Waals surface area contributed by atoms with Crippen molar-refractivity contribution in [2.45, 2.75) is 32.8 Å². The van der Waals surface area contributed by atoms with E-state index in [0.717, 1.165) is 11.1 Å². The summed E-state index contributed by atoms with van der Waals surface area (Å²) in [4.78, 5) is 22.6. The molecule has 0 unspecified atom stereocenters. The standard InChI is InChI=1S/C23H21ClFN3O3/c1-12(11-26-13(2)31-17-7-15(8-17)23(29)30)14-3-5-18(19(25)9-14)22-27-20-6-4-16(24)10-21(20)28-22/h3-6,9-11,15,17H,7-8H2,1-2H3,(H,27,28)(H,29,30). The number of H-pyrrole nitrogens is 1. The lowest BCUT2D eigenvalue weighted by molar-refractivity contribution is -0.148. The Hall–Kier alpha value is -3.19. The van der Waals surface area contributed by atoms with Gasteiger partial charge in [-0.05, 0) is 61.2 Å². The van der Waals surface area contributed by atoms with Crippen molar-refractivity contribution >= 4 is 40.1 Å². The summed E-state index contributed by atoms with van der Waals surface area (Å²) in [6.07, 6.45) is 2.48. The SMILES string of the molecule is CC(=CN=C(C)OC1CC(C(=O)O)C1)c1ccc(-c2nc3ccc(Cl)cc3[nH]2)c(F)c1. The molecule has 31 heavy (non-hydrogen) atoms. The molecule has 0 spiro atoms. The van der Waals surface area contributed by atoms with Crippen LogP contribution in [0.5, 0.6) is 0 Å². The van der Waals surface area contributed by atoms with E-state index in [1.807, 2.05) is 6.92 Å². The van der Waals surface area contributed by atoms with E-state index in [4.69, 9.17) is 21.4 Å². The molecular weight excluding hydrogens is 421 g/mol. The predicted octanol–water partition coefficient (Wildman–Crippen LogP) is 5.68. The zero-order chi connectivity index (χ0) is 22.1. The third kappa shape index (κ3) is 4.61.